The van der Waals surface area contributed by atoms with Gasteiger partial charge in [-0.05, 0) is 51.0 Å². The lowest BCUT2D eigenvalue weighted by molar-refractivity contribution is -0.134. The highest BCUT2D eigenvalue weighted by Gasteiger charge is 2.33. The number of nitrogens with one attached hydrogen (secondary N) is 1. The van der Waals surface area contributed by atoms with Gasteiger partial charge in [-0.2, -0.15) is 0 Å². The minimum Gasteiger partial charge on any atom is -0.493 e. The van der Waals surface area contributed by atoms with Crippen molar-refractivity contribution in [2.75, 3.05) is 25.6 Å². The largest absolute Gasteiger partial charge is 0.493 e. The molecule has 0 radical (unpaired) electrons. The molecule has 1 aliphatic carbocycles. The number of methoxy groups -OCH3 is 1. The van der Waals surface area contributed by atoms with Gasteiger partial charge < -0.3 is 24.4 Å². The van der Waals surface area contributed by atoms with Crippen molar-refractivity contribution in [1.82, 2.24) is 4.90 Å². The first-order valence-corrected chi connectivity index (χ1v) is 10.6. The van der Waals surface area contributed by atoms with Gasteiger partial charge in [-0.25, -0.2) is 0 Å². The van der Waals surface area contributed by atoms with Crippen molar-refractivity contribution in [2.45, 2.75) is 45.3 Å². The molecule has 7 heteroatoms. The molecule has 2 amide bonds. The summed E-state index contributed by atoms with van der Waals surface area (Å²) in [5.74, 6) is 1.43. The molecule has 1 saturated carbocycles. The summed E-state index contributed by atoms with van der Waals surface area (Å²) in [4.78, 5) is 27.0. The van der Waals surface area contributed by atoms with Gasteiger partial charge in [0, 0.05) is 19.0 Å². The molecule has 0 heterocycles. The van der Waals surface area contributed by atoms with Crippen LogP contribution < -0.4 is 19.5 Å². The Morgan fingerprint density at radius 2 is 1.68 bits per heavy atom. The van der Waals surface area contributed by atoms with Gasteiger partial charge in [0.25, 0.3) is 5.91 Å². The third-order valence-corrected chi connectivity index (χ3v) is 4.83. The Morgan fingerprint density at radius 3 is 2.32 bits per heavy atom. The fourth-order valence-corrected chi connectivity index (χ4v) is 3.22. The third kappa shape index (κ3) is 6.64. The van der Waals surface area contributed by atoms with Gasteiger partial charge in [0.05, 0.1) is 18.9 Å². The topological polar surface area (TPSA) is 77.1 Å². The number of carbonyl (C=O) groups is 2. The minimum absolute atomic E-state index is 0.00395. The van der Waals surface area contributed by atoms with Crippen LogP contribution in [-0.2, 0) is 9.59 Å². The summed E-state index contributed by atoms with van der Waals surface area (Å²) in [7, 11) is 1.56. The van der Waals surface area contributed by atoms with Crippen molar-refractivity contribution in [3.8, 4) is 17.2 Å². The molecule has 0 atom stereocenters. The Balaban J connectivity index is 1.54. The lowest BCUT2D eigenvalue weighted by Gasteiger charge is -2.23. The second-order valence-electron chi connectivity index (χ2n) is 7.72. The van der Waals surface area contributed by atoms with Gasteiger partial charge in [0.1, 0.15) is 5.75 Å². The molecule has 1 N–H and O–H groups in total. The number of hydrogen-bond acceptors (Lipinski definition) is 5. The van der Waals surface area contributed by atoms with Crippen molar-refractivity contribution in [2.24, 2.45) is 0 Å². The van der Waals surface area contributed by atoms with Gasteiger partial charge in [0.15, 0.2) is 18.1 Å². The fourth-order valence-electron chi connectivity index (χ4n) is 3.22. The molecule has 2 aromatic carbocycles. The highest BCUT2D eigenvalue weighted by atomic mass is 16.5. The Hall–Kier alpha value is -3.22. The van der Waals surface area contributed by atoms with Crippen molar-refractivity contribution in [1.29, 1.82) is 0 Å². The summed E-state index contributed by atoms with van der Waals surface area (Å²) >= 11 is 0. The number of anilines is 1. The molecule has 0 aliphatic heterocycles. The number of carbonyl (C=O) groups excluding carboxylic acids is 2. The van der Waals surface area contributed by atoms with Crippen molar-refractivity contribution in [3.05, 3.63) is 48.5 Å². The van der Waals surface area contributed by atoms with Gasteiger partial charge in [0.2, 0.25) is 5.91 Å². The summed E-state index contributed by atoms with van der Waals surface area (Å²) in [5.41, 5.74) is 0.630. The summed E-state index contributed by atoms with van der Waals surface area (Å²) in [6.07, 6.45) is 2.11. The zero-order valence-corrected chi connectivity index (χ0v) is 18.3. The van der Waals surface area contributed by atoms with Crippen LogP contribution in [0.4, 0.5) is 5.69 Å². The summed E-state index contributed by atoms with van der Waals surface area (Å²) in [6.45, 7) is 4.12. The van der Waals surface area contributed by atoms with E-state index in [1.54, 1.807) is 30.2 Å². The molecule has 1 fully saturated rings. The first-order chi connectivity index (χ1) is 15.0. The minimum atomic E-state index is -0.163. The van der Waals surface area contributed by atoms with Crippen LogP contribution in [0.1, 0.15) is 33.1 Å². The van der Waals surface area contributed by atoms with Gasteiger partial charge >= 0.3 is 0 Å². The molecular formula is C24H30N2O5. The van der Waals surface area contributed by atoms with Crippen LogP contribution in [0.3, 0.4) is 0 Å². The van der Waals surface area contributed by atoms with E-state index in [4.69, 9.17) is 14.2 Å². The van der Waals surface area contributed by atoms with Crippen LogP contribution >= 0.6 is 0 Å². The van der Waals surface area contributed by atoms with Crippen LogP contribution in [0.15, 0.2) is 48.5 Å². The first kappa shape index (κ1) is 22.5. The molecule has 0 bridgehead atoms. The number of benzene rings is 2. The zero-order valence-electron chi connectivity index (χ0n) is 18.3. The SMILES string of the molecule is COc1ccccc1OCC(=O)N(CCC(=O)Nc1ccccc1OC(C)C)C1CC1. The Kier molecular flexibility index (Phi) is 7.76. The quantitative estimate of drug-likeness (QED) is 0.590. The van der Waals surface area contributed by atoms with E-state index in [0.29, 0.717) is 29.5 Å². The Morgan fingerprint density at radius 1 is 1.03 bits per heavy atom. The molecule has 0 aromatic heterocycles. The molecule has 0 spiro atoms. The van der Waals surface area contributed by atoms with E-state index < -0.39 is 0 Å². The maximum absolute atomic E-state index is 12.8. The summed E-state index contributed by atoms with van der Waals surface area (Å²) < 4.78 is 16.7. The summed E-state index contributed by atoms with van der Waals surface area (Å²) in [5, 5.41) is 2.89. The van der Waals surface area contributed by atoms with Crippen molar-refractivity contribution in [3.63, 3.8) is 0 Å². The predicted molar refractivity (Wildman–Crippen MR) is 119 cm³/mol. The number of rotatable bonds is 11. The zero-order chi connectivity index (χ0) is 22.2. The van der Waals surface area contributed by atoms with E-state index in [9.17, 15) is 9.59 Å². The van der Waals surface area contributed by atoms with E-state index in [0.717, 1.165) is 12.8 Å². The molecule has 0 saturated heterocycles. The van der Waals surface area contributed by atoms with Gasteiger partial charge in [-0.3, -0.25) is 9.59 Å². The Bertz CT molecular complexity index is 895. The van der Waals surface area contributed by atoms with Gasteiger partial charge in [-0.1, -0.05) is 24.3 Å². The molecule has 3 rings (SSSR count). The highest BCUT2D eigenvalue weighted by Crippen LogP contribution is 2.29. The number of hydrogen-bond donors (Lipinski definition) is 1. The van der Waals surface area contributed by atoms with E-state index in [-0.39, 0.29) is 37.0 Å². The van der Waals surface area contributed by atoms with Crippen LogP contribution in [0.5, 0.6) is 17.2 Å². The lowest BCUT2D eigenvalue weighted by atomic mass is 10.2. The normalized spacial score (nSPS) is 12.9. The maximum atomic E-state index is 12.8. The Labute approximate surface area is 183 Å². The van der Waals surface area contributed by atoms with Crippen LogP contribution in [0, 0.1) is 0 Å². The second kappa shape index (κ2) is 10.7. The molecule has 166 valence electrons. The molecule has 0 unspecified atom stereocenters. The van der Waals surface area contributed by atoms with Crippen molar-refractivity contribution < 1.29 is 23.8 Å². The first-order valence-electron chi connectivity index (χ1n) is 10.6. The average molecular weight is 427 g/mol. The number of para-hydroxylation sites is 4. The van der Waals surface area contributed by atoms with Gasteiger partial charge in [-0.15, -0.1) is 0 Å². The van der Waals surface area contributed by atoms with Crippen molar-refractivity contribution >= 4 is 17.5 Å². The smallest absolute Gasteiger partial charge is 0.260 e. The molecule has 7 nitrogen and oxygen atoms in total. The molecule has 1 aliphatic rings. The lowest BCUT2D eigenvalue weighted by Crippen LogP contribution is -2.38. The third-order valence-electron chi connectivity index (χ3n) is 4.83. The number of ether oxygens (including phenoxy) is 3. The fraction of sp³-hybridized carbons (Fsp3) is 0.417. The van der Waals surface area contributed by atoms with Crippen LogP contribution in [-0.4, -0.2) is 49.1 Å². The average Bonchev–Trinajstić information content (AvgIpc) is 3.59. The molecular weight excluding hydrogens is 396 g/mol. The number of amides is 2. The van der Waals surface area contributed by atoms with Crippen LogP contribution in [0.25, 0.3) is 0 Å². The predicted octanol–water partition coefficient (Wildman–Crippen LogP) is 3.88. The highest BCUT2D eigenvalue weighted by molar-refractivity contribution is 5.92. The van der Waals surface area contributed by atoms with E-state index in [1.165, 1.54) is 0 Å². The number of nitrogens with zero attached hydrogens (tertiary/aromatic N) is 1. The summed E-state index contributed by atoms with van der Waals surface area (Å²) in [6, 6.07) is 14.7. The maximum Gasteiger partial charge on any atom is 0.260 e. The van der Waals surface area contributed by atoms with E-state index in [2.05, 4.69) is 5.32 Å². The molecule has 2 aromatic rings. The monoisotopic (exact) mass is 426 g/mol. The van der Waals surface area contributed by atoms with E-state index in [1.807, 2.05) is 44.2 Å². The van der Waals surface area contributed by atoms with Crippen LogP contribution in [0.2, 0.25) is 0 Å². The molecule has 31 heavy (non-hydrogen) atoms. The second-order valence-corrected chi connectivity index (χ2v) is 7.72. The standard InChI is InChI=1S/C24H30N2O5/c1-17(2)31-20-9-5-4-8-19(20)25-23(27)14-15-26(18-12-13-18)24(28)16-30-22-11-7-6-10-21(22)29-3/h4-11,17-18H,12-16H2,1-3H3,(H,25,27). The van der Waals surface area contributed by atoms with E-state index >= 15 is 0 Å².